The molecule has 0 aliphatic heterocycles. The molecule has 0 amide bonds. The third-order valence-corrected chi connectivity index (χ3v) is 1.56. The number of Topliss-reactive ketones (excluding diaryl/α,β-unsaturated/α-hetero) is 1. The van der Waals surface area contributed by atoms with Crippen LogP contribution in [0.15, 0.2) is 0 Å². The Morgan fingerprint density at radius 3 is 1.58 bits per heavy atom. The Morgan fingerprint density at radius 1 is 1.25 bits per heavy atom. The first kappa shape index (κ1) is 14.2. The molecule has 0 saturated carbocycles. The largest absolute Gasteiger partial charge is 0.310 e. The van der Waals surface area contributed by atoms with E-state index in [9.17, 15) is 4.79 Å². The van der Waals surface area contributed by atoms with E-state index < -0.39 is 0 Å². The Labute approximate surface area is 76.7 Å². The molecule has 0 aliphatic carbocycles. The molecule has 0 bridgehead atoms. The van der Waals surface area contributed by atoms with E-state index in [1.165, 1.54) is 0 Å². The van der Waals surface area contributed by atoms with Crippen LogP contribution in [0.25, 0.3) is 0 Å². The van der Waals surface area contributed by atoms with Crippen LogP contribution in [-0.2, 0) is 4.79 Å². The van der Waals surface area contributed by atoms with E-state index in [0.29, 0.717) is 0 Å². The van der Waals surface area contributed by atoms with Gasteiger partial charge in [-0.2, -0.15) is 0 Å². The number of nitrogens with one attached hydrogen (secondary N) is 1. The molecule has 1 unspecified atom stereocenters. The van der Waals surface area contributed by atoms with Gasteiger partial charge in [0.15, 0.2) is 0 Å². The van der Waals surface area contributed by atoms with Crippen LogP contribution in [0.1, 0.15) is 41.5 Å². The Balaban J connectivity index is 0. The lowest BCUT2D eigenvalue weighted by Gasteiger charge is -2.27. The first-order chi connectivity index (χ1) is 5.39. The Morgan fingerprint density at radius 2 is 1.58 bits per heavy atom. The summed E-state index contributed by atoms with van der Waals surface area (Å²) in [5, 5.41) is 2.99. The second kappa shape index (κ2) is 6.18. The molecule has 0 rings (SSSR count). The van der Waals surface area contributed by atoms with Gasteiger partial charge in [0.1, 0.15) is 5.78 Å². The zero-order chi connectivity index (χ0) is 10.4. The van der Waals surface area contributed by atoms with Gasteiger partial charge in [-0.3, -0.25) is 4.79 Å². The Kier molecular flexibility index (Phi) is 7.30. The summed E-state index contributed by atoms with van der Waals surface area (Å²) in [6.45, 7) is 11.8. The molecule has 0 aromatic rings. The Bertz CT molecular complexity index is 124. The second-order valence-corrected chi connectivity index (χ2v) is 3.70. The van der Waals surface area contributed by atoms with Crippen molar-refractivity contribution in [1.29, 1.82) is 0 Å². The van der Waals surface area contributed by atoms with Gasteiger partial charge in [-0.25, -0.2) is 0 Å². The minimum Gasteiger partial charge on any atom is -0.310 e. The molecule has 2 nitrogen and oxygen atoms in total. The van der Waals surface area contributed by atoms with Gasteiger partial charge in [-0.1, -0.05) is 34.6 Å². The minimum absolute atomic E-state index is 0.0208. The average Bonchev–Trinajstić information content (AvgIpc) is 1.89. The summed E-state index contributed by atoms with van der Waals surface area (Å²) in [6.07, 6.45) is 0. The van der Waals surface area contributed by atoms with Crippen molar-refractivity contribution in [2.45, 2.75) is 47.6 Å². The molecule has 0 aromatic heterocycles. The first-order valence-electron chi connectivity index (χ1n) is 4.57. The lowest BCUT2D eigenvalue weighted by atomic mass is 9.85. The second-order valence-electron chi connectivity index (χ2n) is 3.70. The molecule has 12 heavy (non-hydrogen) atoms. The highest BCUT2D eigenvalue weighted by atomic mass is 16.1. The quantitative estimate of drug-likeness (QED) is 0.694. The predicted molar refractivity (Wildman–Crippen MR) is 54.3 cm³/mol. The van der Waals surface area contributed by atoms with Gasteiger partial charge < -0.3 is 5.32 Å². The molecule has 0 aromatic carbocycles. The summed E-state index contributed by atoms with van der Waals surface area (Å²) in [6, 6.07) is -0.0208. The molecule has 1 N–H and O–H groups in total. The maximum Gasteiger partial charge on any atom is 0.147 e. The standard InChI is InChI=1S/C8H17NO.C2H6/c1-6(10)7(9-5)8(2,3)4;1-2/h7,9H,1-5H3;1-2H3. The van der Waals surface area contributed by atoms with Crippen molar-refractivity contribution in [2.24, 2.45) is 5.41 Å². The van der Waals surface area contributed by atoms with Crippen LogP contribution in [0.5, 0.6) is 0 Å². The van der Waals surface area contributed by atoms with E-state index in [1.807, 2.05) is 20.9 Å². The number of carbonyl (C=O) groups excluding carboxylic acids is 1. The van der Waals surface area contributed by atoms with Gasteiger partial charge >= 0.3 is 0 Å². The Hall–Kier alpha value is -0.370. The number of hydrogen-bond donors (Lipinski definition) is 1. The third-order valence-electron chi connectivity index (χ3n) is 1.56. The summed E-state index contributed by atoms with van der Waals surface area (Å²) < 4.78 is 0. The maximum absolute atomic E-state index is 11.0. The molecule has 2 heteroatoms. The van der Waals surface area contributed by atoms with E-state index in [0.717, 1.165) is 0 Å². The van der Waals surface area contributed by atoms with E-state index in [2.05, 4.69) is 26.1 Å². The predicted octanol–water partition coefficient (Wildman–Crippen LogP) is 2.24. The van der Waals surface area contributed by atoms with E-state index in [1.54, 1.807) is 6.92 Å². The third kappa shape index (κ3) is 5.30. The monoisotopic (exact) mass is 173 g/mol. The van der Waals surface area contributed by atoms with Crippen molar-refractivity contribution < 1.29 is 4.79 Å². The molecule has 0 heterocycles. The van der Waals surface area contributed by atoms with Crippen LogP contribution in [0.4, 0.5) is 0 Å². The van der Waals surface area contributed by atoms with Crippen molar-refractivity contribution in [3.8, 4) is 0 Å². The zero-order valence-corrected chi connectivity index (χ0v) is 9.49. The molecule has 74 valence electrons. The van der Waals surface area contributed by atoms with Crippen LogP contribution in [-0.4, -0.2) is 18.9 Å². The van der Waals surface area contributed by atoms with E-state index in [-0.39, 0.29) is 17.2 Å². The molecular formula is C10H23NO. The highest BCUT2D eigenvalue weighted by molar-refractivity contribution is 5.82. The number of carbonyl (C=O) groups is 1. The van der Waals surface area contributed by atoms with Crippen molar-refractivity contribution >= 4 is 5.78 Å². The van der Waals surface area contributed by atoms with Crippen molar-refractivity contribution in [1.82, 2.24) is 5.32 Å². The fraction of sp³-hybridized carbons (Fsp3) is 0.900. The van der Waals surface area contributed by atoms with Crippen molar-refractivity contribution in [2.75, 3.05) is 7.05 Å². The molecule has 1 atom stereocenters. The van der Waals surface area contributed by atoms with Gasteiger partial charge in [0.2, 0.25) is 0 Å². The SMILES string of the molecule is CC.CNC(C(C)=O)C(C)(C)C. The lowest BCUT2D eigenvalue weighted by molar-refractivity contribution is -0.121. The number of hydrogen-bond acceptors (Lipinski definition) is 2. The van der Waals surface area contributed by atoms with Gasteiger partial charge in [0, 0.05) is 0 Å². The van der Waals surface area contributed by atoms with Gasteiger partial charge in [0.25, 0.3) is 0 Å². The highest BCUT2D eigenvalue weighted by Crippen LogP contribution is 2.19. The summed E-state index contributed by atoms with van der Waals surface area (Å²) in [7, 11) is 1.82. The van der Waals surface area contributed by atoms with Crippen LogP contribution in [0, 0.1) is 5.41 Å². The number of likely N-dealkylation sites (N-methyl/N-ethyl adjacent to an activating group) is 1. The summed E-state index contributed by atoms with van der Waals surface area (Å²) in [5.74, 6) is 0.204. The van der Waals surface area contributed by atoms with Gasteiger partial charge in [0.05, 0.1) is 6.04 Å². The maximum atomic E-state index is 11.0. The average molecular weight is 173 g/mol. The van der Waals surface area contributed by atoms with E-state index in [4.69, 9.17) is 0 Å². The van der Waals surface area contributed by atoms with E-state index >= 15 is 0 Å². The molecule has 0 saturated heterocycles. The zero-order valence-electron chi connectivity index (χ0n) is 9.49. The summed E-state index contributed by atoms with van der Waals surface area (Å²) in [4.78, 5) is 11.0. The lowest BCUT2D eigenvalue weighted by Crippen LogP contribution is -2.43. The number of ketones is 1. The summed E-state index contributed by atoms with van der Waals surface area (Å²) in [5.41, 5.74) is 0.0284. The fourth-order valence-electron chi connectivity index (χ4n) is 1.25. The molecular weight excluding hydrogens is 150 g/mol. The number of rotatable bonds is 2. The molecule has 0 spiro atoms. The van der Waals surface area contributed by atoms with Gasteiger partial charge in [-0.15, -0.1) is 0 Å². The smallest absolute Gasteiger partial charge is 0.147 e. The van der Waals surface area contributed by atoms with Crippen molar-refractivity contribution in [3.63, 3.8) is 0 Å². The molecule has 0 fully saturated rings. The van der Waals surface area contributed by atoms with Crippen LogP contribution in [0.2, 0.25) is 0 Å². The highest BCUT2D eigenvalue weighted by Gasteiger charge is 2.26. The molecule has 0 radical (unpaired) electrons. The summed E-state index contributed by atoms with van der Waals surface area (Å²) >= 11 is 0. The minimum atomic E-state index is -0.0208. The topological polar surface area (TPSA) is 29.1 Å². The van der Waals surface area contributed by atoms with Crippen LogP contribution < -0.4 is 5.32 Å². The first-order valence-corrected chi connectivity index (χ1v) is 4.57. The fourth-order valence-corrected chi connectivity index (χ4v) is 1.25. The van der Waals surface area contributed by atoms with Crippen LogP contribution >= 0.6 is 0 Å². The van der Waals surface area contributed by atoms with Crippen LogP contribution in [0.3, 0.4) is 0 Å². The van der Waals surface area contributed by atoms with Crippen molar-refractivity contribution in [3.05, 3.63) is 0 Å². The molecule has 0 aliphatic rings. The normalized spacial score (nSPS) is 12.9. The van der Waals surface area contributed by atoms with Gasteiger partial charge in [-0.05, 0) is 19.4 Å².